The van der Waals surface area contributed by atoms with Crippen molar-refractivity contribution in [1.82, 2.24) is 15.5 Å². The molecule has 1 unspecified atom stereocenters. The number of amides is 1. The van der Waals surface area contributed by atoms with E-state index < -0.39 is 0 Å². The molecule has 2 rings (SSSR count). The molecular formula is C18H25N3O3. The van der Waals surface area contributed by atoms with E-state index in [1.807, 2.05) is 51.1 Å². The second kappa shape index (κ2) is 8.06. The van der Waals surface area contributed by atoms with Gasteiger partial charge in [-0.15, -0.1) is 0 Å². The van der Waals surface area contributed by atoms with Crippen LogP contribution in [0, 0.1) is 0 Å². The number of aromatic nitrogens is 2. The molecule has 6 nitrogen and oxygen atoms in total. The van der Waals surface area contributed by atoms with Gasteiger partial charge in [0.1, 0.15) is 0 Å². The standard InChI is InChI=1S/C18H25N3O3/c1-18(2,3)17-20-16(24-21-17)10-9-15(23)19-14(11-12-22)13-7-5-4-6-8-13/h4-8,14,22H,9-12H2,1-3H3,(H,19,23). The number of aliphatic hydroxyl groups excluding tert-OH is 1. The summed E-state index contributed by atoms with van der Waals surface area (Å²) in [6.45, 7) is 6.04. The number of nitrogens with one attached hydrogen (secondary N) is 1. The van der Waals surface area contributed by atoms with Crippen LogP contribution in [0.4, 0.5) is 0 Å². The second-order valence-electron chi connectivity index (χ2n) is 6.80. The van der Waals surface area contributed by atoms with Gasteiger partial charge in [-0.3, -0.25) is 4.79 Å². The minimum absolute atomic E-state index is 0.0123. The largest absolute Gasteiger partial charge is 0.396 e. The van der Waals surface area contributed by atoms with Crippen LogP contribution in [0.3, 0.4) is 0 Å². The smallest absolute Gasteiger partial charge is 0.227 e. The quantitative estimate of drug-likeness (QED) is 0.814. The fraction of sp³-hybridized carbons (Fsp3) is 0.500. The first-order valence-electron chi connectivity index (χ1n) is 8.18. The van der Waals surface area contributed by atoms with Crippen LogP contribution < -0.4 is 5.32 Å². The zero-order chi connectivity index (χ0) is 17.6. The Hall–Kier alpha value is -2.21. The topological polar surface area (TPSA) is 88.2 Å². The van der Waals surface area contributed by atoms with Crippen LogP contribution in [0.1, 0.15) is 56.9 Å². The second-order valence-corrected chi connectivity index (χ2v) is 6.80. The zero-order valence-corrected chi connectivity index (χ0v) is 14.5. The van der Waals surface area contributed by atoms with Crippen LogP contribution >= 0.6 is 0 Å². The summed E-state index contributed by atoms with van der Waals surface area (Å²) in [6.07, 6.45) is 1.14. The normalized spacial score (nSPS) is 12.8. The lowest BCUT2D eigenvalue weighted by atomic mass is 9.96. The van der Waals surface area contributed by atoms with Crippen molar-refractivity contribution in [2.75, 3.05) is 6.61 Å². The van der Waals surface area contributed by atoms with Gasteiger partial charge in [0.15, 0.2) is 5.82 Å². The Morgan fingerprint density at radius 1 is 1.29 bits per heavy atom. The molecule has 24 heavy (non-hydrogen) atoms. The number of aliphatic hydroxyl groups is 1. The summed E-state index contributed by atoms with van der Waals surface area (Å²) in [4.78, 5) is 16.5. The summed E-state index contributed by atoms with van der Waals surface area (Å²) in [5, 5.41) is 16.1. The number of aryl methyl sites for hydroxylation is 1. The molecule has 130 valence electrons. The van der Waals surface area contributed by atoms with Gasteiger partial charge in [0, 0.05) is 24.9 Å². The molecule has 0 aliphatic carbocycles. The molecule has 0 saturated carbocycles. The molecule has 1 atom stereocenters. The van der Waals surface area contributed by atoms with Crippen LogP contribution in [0.2, 0.25) is 0 Å². The molecule has 0 spiro atoms. The van der Waals surface area contributed by atoms with E-state index in [-0.39, 0.29) is 30.4 Å². The van der Waals surface area contributed by atoms with E-state index in [0.29, 0.717) is 24.6 Å². The van der Waals surface area contributed by atoms with Gasteiger partial charge in [-0.2, -0.15) is 4.98 Å². The Morgan fingerprint density at radius 2 is 2.00 bits per heavy atom. The maximum Gasteiger partial charge on any atom is 0.227 e. The monoisotopic (exact) mass is 331 g/mol. The number of carbonyl (C=O) groups excluding carboxylic acids is 1. The highest BCUT2D eigenvalue weighted by Gasteiger charge is 2.21. The minimum atomic E-state index is -0.198. The van der Waals surface area contributed by atoms with Crippen molar-refractivity contribution in [3.8, 4) is 0 Å². The van der Waals surface area contributed by atoms with Gasteiger partial charge in [0.25, 0.3) is 0 Å². The summed E-state index contributed by atoms with van der Waals surface area (Å²) >= 11 is 0. The lowest BCUT2D eigenvalue weighted by Gasteiger charge is -2.18. The van der Waals surface area contributed by atoms with Gasteiger partial charge < -0.3 is 14.9 Å². The summed E-state index contributed by atoms with van der Waals surface area (Å²) in [6, 6.07) is 9.43. The van der Waals surface area contributed by atoms with Crippen molar-refractivity contribution in [3.05, 3.63) is 47.6 Å². The third kappa shape index (κ3) is 5.16. The van der Waals surface area contributed by atoms with Gasteiger partial charge in [0.2, 0.25) is 11.8 Å². The molecule has 1 amide bonds. The van der Waals surface area contributed by atoms with Gasteiger partial charge >= 0.3 is 0 Å². The van der Waals surface area contributed by atoms with E-state index in [1.165, 1.54) is 0 Å². The molecule has 0 saturated heterocycles. The van der Waals surface area contributed by atoms with Gasteiger partial charge in [-0.1, -0.05) is 56.3 Å². The number of benzene rings is 1. The third-order valence-electron chi connectivity index (χ3n) is 3.66. The fourth-order valence-electron chi connectivity index (χ4n) is 2.28. The average molecular weight is 331 g/mol. The van der Waals surface area contributed by atoms with Crippen molar-refractivity contribution in [1.29, 1.82) is 0 Å². The Labute approximate surface area is 142 Å². The first-order chi connectivity index (χ1) is 11.4. The predicted octanol–water partition coefficient (Wildman–Crippen LogP) is 2.54. The number of nitrogens with zero attached hydrogens (tertiary/aromatic N) is 2. The SMILES string of the molecule is CC(C)(C)c1noc(CCC(=O)NC(CCO)c2ccccc2)n1. The van der Waals surface area contributed by atoms with Crippen molar-refractivity contribution in [2.45, 2.75) is 51.5 Å². The molecule has 1 aromatic carbocycles. The molecule has 1 aromatic heterocycles. The lowest BCUT2D eigenvalue weighted by molar-refractivity contribution is -0.122. The molecule has 0 bridgehead atoms. The lowest BCUT2D eigenvalue weighted by Crippen LogP contribution is -2.29. The van der Waals surface area contributed by atoms with Crippen LogP contribution in [0.25, 0.3) is 0 Å². The van der Waals surface area contributed by atoms with Gasteiger partial charge in [0.05, 0.1) is 6.04 Å². The number of rotatable bonds is 7. The van der Waals surface area contributed by atoms with Crippen molar-refractivity contribution in [2.24, 2.45) is 0 Å². The predicted molar refractivity (Wildman–Crippen MR) is 90.3 cm³/mol. The van der Waals surface area contributed by atoms with E-state index >= 15 is 0 Å². The first-order valence-corrected chi connectivity index (χ1v) is 8.18. The van der Waals surface area contributed by atoms with E-state index in [4.69, 9.17) is 4.52 Å². The molecule has 0 aliphatic rings. The van der Waals surface area contributed by atoms with Crippen molar-refractivity contribution < 1.29 is 14.4 Å². The van der Waals surface area contributed by atoms with Gasteiger partial charge in [-0.25, -0.2) is 0 Å². The van der Waals surface area contributed by atoms with Crippen molar-refractivity contribution >= 4 is 5.91 Å². The van der Waals surface area contributed by atoms with E-state index in [2.05, 4.69) is 15.5 Å². The Kier molecular flexibility index (Phi) is 6.09. The average Bonchev–Trinajstić information content (AvgIpc) is 3.03. The molecular weight excluding hydrogens is 306 g/mol. The maximum absolute atomic E-state index is 12.2. The summed E-state index contributed by atoms with van der Waals surface area (Å²) in [5.74, 6) is 1.00. The Bertz CT molecular complexity index is 647. The summed E-state index contributed by atoms with van der Waals surface area (Å²) < 4.78 is 5.20. The van der Waals surface area contributed by atoms with E-state index in [0.717, 1.165) is 5.56 Å². The third-order valence-corrected chi connectivity index (χ3v) is 3.66. The zero-order valence-electron chi connectivity index (χ0n) is 14.5. The number of hydrogen-bond donors (Lipinski definition) is 2. The summed E-state index contributed by atoms with van der Waals surface area (Å²) in [7, 11) is 0. The molecule has 0 aliphatic heterocycles. The maximum atomic E-state index is 12.2. The Balaban J connectivity index is 1.90. The van der Waals surface area contributed by atoms with Crippen LogP contribution in [-0.2, 0) is 16.6 Å². The molecule has 6 heteroatoms. The highest BCUT2D eigenvalue weighted by Crippen LogP contribution is 2.19. The van der Waals surface area contributed by atoms with Gasteiger partial charge in [-0.05, 0) is 12.0 Å². The minimum Gasteiger partial charge on any atom is -0.396 e. The summed E-state index contributed by atoms with van der Waals surface area (Å²) in [5.41, 5.74) is 0.802. The van der Waals surface area contributed by atoms with Crippen LogP contribution in [0.15, 0.2) is 34.9 Å². The molecule has 1 heterocycles. The highest BCUT2D eigenvalue weighted by molar-refractivity contribution is 5.76. The highest BCUT2D eigenvalue weighted by atomic mass is 16.5. The molecule has 2 aromatic rings. The fourth-order valence-corrected chi connectivity index (χ4v) is 2.28. The number of hydrogen-bond acceptors (Lipinski definition) is 5. The first kappa shape index (κ1) is 18.1. The van der Waals surface area contributed by atoms with Crippen LogP contribution in [-0.4, -0.2) is 27.8 Å². The molecule has 0 fully saturated rings. The van der Waals surface area contributed by atoms with E-state index in [9.17, 15) is 9.90 Å². The molecule has 2 N–H and O–H groups in total. The number of carbonyl (C=O) groups is 1. The Morgan fingerprint density at radius 3 is 2.58 bits per heavy atom. The van der Waals surface area contributed by atoms with Crippen molar-refractivity contribution in [3.63, 3.8) is 0 Å². The van der Waals surface area contributed by atoms with E-state index in [1.54, 1.807) is 0 Å². The van der Waals surface area contributed by atoms with Crippen LogP contribution in [0.5, 0.6) is 0 Å². The molecule has 0 radical (unpaired) electrons.